The summed E-state index contributed by atoms with van der Waals surface area (Å²) in [5.41, 5.74) is -0.0960. The van der Waals surface area contributed by atoms with Gasteiger partial charge in [-0.2, -0.15) is 0 Å². The van der Waals surface area contributed by atoms with Crippen LogP contribution < -0.4 is 5.32 Å². The van der Waals surface area contributed by atoms with Gasteiger partial charge in [0.2, 0.25) is 0 Å². The van der Waals surface area contributed by atoms with Crippen LogP contribution in [0.4, 0.5) is 0 Å². The van der Waals surface area contributed by atoms with Crippen molar-refractivity contribution in [3.8, 4) is 5.75 Å². The standard InChI is InChI=1S/C14H12ClNO5/c15-9-3-4-12(17)11(6-9)14(19)21-8-13(18)16-7-10-2-1-5-20-10/h1-6,17H,7-8H2,(H,16,18). The number of halogens is 1. The molecule has 1 heterocycles. The lowest BCUT2D eigenvalue weighted by molar-refractivity contribution is -0.124. The number of aromatic hydroxyl groups is 1. The number of carbonyl (C=O) groups is 2. The quantitative estimate of drug-likeness (QED) is 0.826. The van der Waals surface area contributed by atoms with Gasteiger partial charge in [-0.15, -0.1) is 0 Å². The first-order valence-electron chi connectivity index (χ1n) is 6.01. The van der Waals surface area contributed by atoms with Gasteiger partial charge in [0.1, 0.15) is 17.1 Å². The zero-order chi connectivity index (χ0) is 15.2. The molecule has 21 heavy (non-hydrogen) atoms. The van der Waals surface area contributed by atoms with E-state index in [1.165, 1.54) is 24.5 Å². The number of phenolic OH excluding ortho intramolecular Hbond substituents is 1. The van der Waals surface area contributed by atoms with Gasteiger partial charge in [0.05, 0.1) is 12.8 Å². The number of ether oxygens (including phenoxy) is 1. The third kappa shape index (κ3) is 4.25. The summed E-state index contributed by atoms with van der Waals surface area (Å²) in [6, 6.07) is 7.37. The molecule has 0 bridgehead atoms. The predicted molar refractivity (Wildman–Crippen MR) is 74.0 cm³/mol. The van der Waals surface area contributed by atoms with E-state index in [2.05, 4.69) is 5.32 Å². The molecular weight excluding hydrogens is 298 g/mol. The molecule has 0 aliphatic rings. The van der Waals surface area contributed by atoms with E-state index in [-0.39, 0.29) is 22.9 Å². The Morgan fingerprint density at radius 3 is 2.86 bits per heavy atom. The summed E-state index contributed by atoms with van der Waals surface area (Å²) in [6.07, 6.45) is 1.49. The summed E-state index contributed by atoms with van der Waals surface area (Å²) in [5, 5.41) is 12.3. The van der Waals surface area contributed by atoms with Gasteiger partial charge in [0.15, 0.2) is 6.61 Å². The van der Waals surface area contributed by atoms with Crippen LogP contribution in [0.1, 0.15) is 16.1 Å². The third-order valence-corrected chi connectivity index (χ3v) is 2.79. The molecule has 0 fully saturated rings. The summed E-state index contributed by atoms with van der Waals surface area (Å²) in [4.78, 5) is 23.2. The first-order valence-corrected chi connectivity index (χ1v) is 6.39. The van der Waals surface area contributed by atoms with Crippen molar-refractivity contribution < 1.29 is 23.8 Å². The molecule has 0 aliphatic heterocycles. The minimum Gasteiger partial charge on any atom is -0.507 e. The van der Waals surface area contributed by atoms with Crippen molar-refractivity contribution in [2.24, 2.45) is 0 Å². The van der Waals surface area contributed by atoms with Crippen LogP contribution in [0.3, 0.4) is 0 Å². The topological polar surface area (TPSA) is 88.8 Å². The Morgan fingerprint density at radius 2 is 2.14 bits per heavy atom. The van der Waals surface area contributed by atoms with Crippen LogP contribution in [0.2, 0.25) is 5.02 Å². The van der Waals surface area contributed by atoms with Crippen molar-refractivity contribution in [1.29, 1.82) is 0 Å². The molecule has 2 aromatic rings. The predicted octanol–water partition coefficient (Wildman–Crippen LogP) is 2.11. The van der Waals surface area contributed by atoms with Gasteiger partial charge < -0.3 is 19.6 Å². The SMILES string of the molecule is O=C(COC(=O)c1cc(Cl)ccc1O)NCc1ccco1. The molecule has 1 aromatic heterocycles. The summed E-state index contributed by atoms with van der Waals surface area (Å²) >= 11 is 5.72. The van der Waals surface area contributed by atoms with Crippen molar-refractivity contribution >= 4 is 23.5 Å². The van der Waals surface area contributed by atoms with Gasteiger partial charge in [-0.25, -0.2) is 4.79 Å². The van der Waals surface area contributed by atoms with Gasteiger partial charge in [-0.1, -0.05) is 11.6 Å². The Hall–Kier alpha value is -2.47. The van der Waals surface area contributed by atoms with Crippen LogP contribution in [0.15, 0.2) is 41.0 Å². The molecule has 2 N–H and O–H groups in total. The minimum absolute atomic E-state index is 0.0960. The average Bonchev–Trinajstić information content (AvgIpc) is 2.98. The van der Waals surface area contributed by atoms with Crippen LogP contribution in [0.25, 0.3) is 0 Å². The van der Waals surface area contributed by atoms with Crippen molar-refractivity contribution in [1.82, 2.24) is 5.32 Å². The molecule has 7 heteroatoms. The molecule has 0 atom stereocenters. The lowest BCUT2D eigenvalue weighted by atomic mass is 10.2. The Bertz CT molecular complexity index is 639. The fourth-order valence-corrected chi connectivity index (χ4v) is 1.70. The largest absolute Gasteiger partial charge is 0.507 e. The molecule has 0 spiro atoms. The highest BCUT2D eigenvalue weighted by Crippen LogP contribution is 2.22. The molecule has 0 saturated heterocycles. The van der Waals surface area contributed by atoms with Gasteiger partial charge in [0, 0.05) is 5.02 Å². The number of benzene rings is 1. The fraction of sp³-hybridized carbons (Fsp3) is 0.143. The van der Waals surface area contributed by atoms with Crippen LogP contribution in [-0.4, -0.2) is 23.6 Å². The second kappa shape index (κ2) is 6.81. The Balaban J connectivity index is 1.83. The Labute approximate surface area is 125 Å². The van der Waals surface area contributed by atoms with Gasteiger partial charge in [-0.05, 0) is 30.3 Å². The molecule has 0 unspecified atom stereocenters. The van der Waals surface area contributed by atoms with E-state index in [4.69, 9.17) is 20.8 Å². The highest BCUT2D eigenvalue weighted by molar-refractivity contribution is 6.31. The van der Waals surface area contributed by atoms with Gasteiger partial charge >= 0.3 is 5.97 Å². The van der Waals surface area contributed by atoms with E-state index in [1.54, 1.807) is 12.1 Å². The summed E-state index contributed by atoms with van der Waals surface area (Å²) in [6.45, 7) is -0.267. The van der Waals surface area contributed by atoms with Crippen LogP contribution in [0.5, 0.6) is 5.75 Å². The number of phenols is 1. The number of nitrogens with one attached hydrogen (secondary N) is 1. The monoisotopic (exact) mass is 309 g/mol. The van der Waals surface area contributed by atoms with Gasteiger partial charge in [0.25, 0.3) is 5.91 Å². The van der Waals surface area contributed by atoms with E-state index >= 15 is 0 Å². The maximum Gasteiger partial charge on any atom is 0.342 e. The lowest BCUT2D eigenvalue weighted by Crippen LogP contribution is -2.28. The molecular formula is C14H12ClNO5. The third-order valence-electron chi connectivity index (χ3n) is 2.55. The zero-order valence-electron chi connectivity index (χ0n) is 10.8. The minimum atomic E-state index is -0.830. The Kier molecular flexibility index (Phi) is 4.84. The van der Waals surface area contributed by atoms with E-state index in [9.17, 15) is 14.7 Å². The molecule has 110 valence electrons. The first kappa shape index (κ1) is 14.9. The lowest BCUT2D eigenvalue weighted by Gasteiger charge is -2.07. The first-order chi connectivity index (χ1) is 10.1. The molecule has 0 radical (unpaired) electrons. The van der Waals surface area contributed by atoms with Crippen molar-refractivity contribution in [2.45, 2.75) is 6.54 Å². The molecule has 2 rings (SSSR count). The fourth-order valence-electron chi connectivity index (χ4n) is 1.53. The number of amides is 1. The van der Waals surface area contributed by atoms with Crippen molar-refractivity contribution in [3.63, 3.8) is 0 Å². The number of hydrogen-bond donors (Lipinski definition) is 2. The number of esters is 1. The molecule has 6 nitrogen and oxygen atoms in total. The second-order valence-electron chi connectivity index (χ2n) is 4.09. The highest BCUT2D eigenvalue weighted by atomic mass is 35.5. The molecule has 1 aromatic carbocycles. The van der Waals surface area contributed by atoms with E-state index in [0.717, 1.165) is 0 Å². The smallest absolute Gasteiger partial charge is 0.342 e. The molecule has 1 amide bonds. The maximum atomic E-state index is 11.7. The van der Waals surface area contributed by atoms with Crippen molar-refractivity contribution in [3.05, 3.63) is 52.9 Å². The number of hydrogen-bond acceptors (Lipinski definition) is 5. The average molecular weight is 310 g/mol. The number of furan rings is 1. The second-order valence-corrected chi connectivity index (χ2v) is 4.53. The van der Waals surface area contributed by atoms with E-state index in [0.29, 0.717) is 5.76 Å². The molecule has 0 aliphatic carbocycles. The van der Waals surface area contributed by atoms with Crippen LogP contribution >= 0.6 is 11.6 Å². The molecule has 0 saturated carbocycles. The Morgan fingerprint density at radius 1 is 1.33 bits per heavy atom. The summed E-state index contributed by atoms with van der Waals surface area (Å²) in [7, 11) is 0. The zero-order valence-corrected chi connectivity index (χ0v) is 11.6. The maximum absolute atomic E-state index is 11.7. The van der Waals surface area contributed by atoms with Crippen LogP contribution in [0, 0.1) is 0 Å². The number of rotatable bonds is 5. The highest BCUT2D eigenvalue weighted by Gasteiger charge is 2.15. The summed E-state index contributed by atoms with van der Waals surface area (Å²) in [5.74, 6) is -0.994. The van der Waals surface area contributed by atoms with Crippen LogP contribution in [-0.2, 0) is 16.1 Å². The van der Waals surface area contributed by atoms with Gasteiger partial charge in [-0.3, -0.25) is 4.79 Å². The van der Waals surface area contributed by atoms with E-state index < -0.39 is 18.5 Å². The van der Waals surface area contributed by atoms with E-state index in [1.807, 2.05) is 0 Å². The summed E-state index contributed by atoms with van der Waals surface area (Å²) < 4.78 is 9.83. The number of carbonyl (C=O) groups excluding carboxylic acids is 2. The van der Waals surface area contributed by atoms with Crippen molar-refractivity contribution in [2.75, 3.05) is 6.61 Å². The normalized spacial score (nSPS) is 10.1.